The maximum atomic E-state index is 12.6. The molecule has 1 amide bonds. The van der Waals surface area contributed by atoms with Crippen molar-refractivity contribution in [3.05, 3.63) is 53.9 Å². The van der Waals surface area contributed by atoms with Crippen LogP contribution in [0.4, 0.5) is 0 Å². The summed E-state index contributed by atoms with van der Waals surface area (Å²) in [6.45, 7) is 1.64. The second kappa shape index (κ2) is 6.67. The molecule has 124 valence electrons. The van der Waals surface area contributed by atoms with Crippen molar-refractivity contribution >= 4 is 5.91 Å². The molecular formula is C19H22N4O. The predicted octanol–water partition coefficient (Wildman–Crippen LogP) is 2.84. The number of rotatable bonds is 4. The first-order chi connectivity index (χ1) is 11.8. The predicted molar refractivity (Wildman–Crippen MR) is 90.6 cm³/mol. The molecule has 24 heavy (non-hydrogen) atoms. The molecular weight excluding hydrogens is 300 g/mol. The molecule has 0 spiro atoms. The molecule has 0 bridgehead atoms. The summed E-state index contributed by atoms with van der Waals surface area (Å²) in [5.41, 5.74) is 1.95. The van der Waals surface area contributed by atoms with Crippen molar-refractivity contribution in [2.24, 2.45) is 5.92 Å². The van der Waals surface area contributed by atoms with E-state index in [1.807, 2.05) is 17.3 Å². The van der Waals surface area contributed by atoms with E-state index >= 15 is 0 Å². The van der Waals surface area contributed by atoms with Crippen LogP contribution in [0.1, 0.15) is 53.3 Å². The molecule has 1 aliphatic heterocycles. The van der Waals surface area contributed by atoms with E-state index in [2.05, 4.69) is 27.1 Å². The molecule has 2 aliphatic rings. The van der Waals surface area contributed by atoms with Gasteiger partial charge in [0.15, 0.2) is 0 Å². The van der Waals surface area contributed by atoms with Crippen molar-refractivity contribution in [3.63, 3.8) is 0 Å². The van der Waals surface area contributed by atoms with E-state index in [4.69, 9.17) is 0 Å². The van der Waals surface area contributed by atoms with Crippen LogP contribution in [0.5, 0.6) is 0 Å². The Morgan fingerprint density at radius 2 is 1.71 bits per heavy atom. The van der Waals surface area contributed by atoms with Gasteiger partial charge in [-0.15, -0.1) is 0 Å². The maximum absolute atomic E-state index is 12.6. The van der Waals surface area contributed by atoms with Gasteiger partial charge >= 0.3 is 0 Å². The van der Waals surface area contributed by atoms with E-state index in [9.17, 15) is 4.79 Å². The summed E-state index contributed by atoms with van der Waals surface area (Å²) in [6, 6.07) is 4.16. The van der Waals surface area contributed by atoms with Gasteiger partial charge in [-0.1, -0.05) is 0 Å². The smallest absolute Gasteiger partial charge is 0.256 e. The van der Waals surface area contributed by atoms with Gasteiger partial charge in [0.05, 0.1) is 5.56 Å². The number of piperidine rings is 1. The van der Waals surface area contributed by atoms with Gasteiger partial charge in [-0.2, -0.15) is 0 Å². The Bertz CT molecular complexity index is 689. The van der Waals surface area contributed by atoms with Crippen LogP contribution >= 0.6 is 0 Å². The van der Waals surface area contributed by atoms with Crippen LogP contribution in [0.15, 0.2) is 36.9 Å². The molecule has 2 aromatic heterocycles. The van der Waals surface area contributed by atoms with Crippen molar-refractivity contribution in [1.29, 1.82) is 0 Å². The molecule has 2 aromatic rings. The molecule has 4 rings (SSSR count). The lowest BCUT2D eigenvalue weighted by Gasteiger charge is -2.32. The van der Waals surface area contributed by atoms with Crippen LogP contribution in [0.3, 0.4) is 0 Å². The van der Waals surface area contributed by atoms with Crippen molar-refractivity contribution < 1.29 is 4.79 Å². The highest BCUT2D eigenvalue weighted by molar-refractivity contribution is 5.93. The lowest BCUT2D eigenvalue weighted by atomic mass is 9.90. The summed E-state index contributed by atoms with van der Waals surface area (Å²) in [7, 11) is 0. The molecule has 0 aromatic carbocycles. The Balaban J connectivity index is 1.32. The average molecular weight is 322 g/mol. The first-order valence-electron chi connectivity index (χ1n) is 8.80. The highest BCUT2D eigenvalue weighted by Crippen LogP contribution is 2.37. The van der Waals surface area contributed by atoms with Gasteiger partial charge in [0.2, 0.25) is 0 Å². The van der Waals surface area contributed by atoms with Crippen molar-refractivity contribution in [1.82, 2.24) is 19.9 Å². The molecule has 2 fully saturated rings. The number of pyridine rings is 1. The minimum Gasteiger partial charge on any atom is -0.339 e. The minimum atomic E-state index is 0.0692. The van der Waals surface area contributed by atoms with Crippen LogP contribution in [-0.4, -0.2) is 38.8 Å². The van der Waals surface area contributed by atoms with Crippen LogP contribution in [0.2, 0.25) is 0 Å². The Kier molecular flexibility index (Phi) is 4.24. The van der Waals surface area contributed by atoms with Crippen molar-refractivity contribution in [2.75, 3.05) is 13.1 Å². The molecule has 5 nitrogen and oxygen atoms in total. The average Bonchev–Trinajstić information content (AvgIpc) is 3.48. The second-order valence-electron chi connectivity index (χ2n) is 6.90. The minimum absolute atomic E-state index is 0.0692. The van der Waals surface area contributed by atoms with Crippen LogP contribution in [0, 0.1) is 5.92 Å². The van der Waals surface area contributed by atoms with Gasteiger partial charge in [0, 0.05) is 43.8 Å². The molecule has 0 radical (unpaired) electrons. The maximum Gasteiger partial charge on any atom is 0.256 e. The molecule has 1 saturated carbocycles. The third kappa shape index (κ3) is 3.45. The number of amides is 1. The molecule has 0 atom stereocenters. The van der Waals surface area contributed by atoms with Crippen LogP contribution in [0.25, 0.3) is 0 Å². The zero-order valence-electron chi connectivity index (χ0n) is 13.8. The zero-order valence-corrected chi connectivity index (χ0v) is 13.8. The van der Waals surface area contributed by atoms with Gasteiger partial charge in [-0.25, -0.2) is 9.97 Å². The second-order valence-corrected chi connectivity index (χ2v) is 6.90. The Labute approximate surface area is 142 Å². The van der Waals surface area contributed by atoms with E-state index in [1.54, 1.807) is 12.4 Å². The molecule has 3 heterocycles. The van der Waals surface area contributed by atoms with E-state index in [1.165, 1.54) is 18.4 Å². The zero-order chi connectivity index (χ0) is 16.4. The first kappa shape index (κ1) is 15.2. The Hall–Kier alpha value is -2.30. The molecule has 1 aliphatic carbocycles. The van der Waals surface area contributed by atoms with Gasteiger partial charge in [0.1, 0.15) is 5.82 Å². The fourth-order valence-electron chi connectivity index (χ4n) is 3.38. The summed E-state index contributed by atoms with van der Waals surface area (Å²) in [4.78, 5) is 27.3. The number of likely N-dealkylation sites (tertiary alicyclic amines) is 1. The third-order valence-corrected chi connectivity index (χ3v) is 5.04. The fourth-order valence-corrected chi connectivity index (χ4v) is 3.38. The summed E-state index contributed by atoms with van der Waals surface area (Å²) < 4.78 is 0. The number of aromatic nitrogens is 3. The standard InChI is InChI=1S/C19H22N4O/c24-19(17-12-21-18(22-13-17)16-1-2-16)23-9-5-15(6-10-23)11-14-3-7-20-8-4-14/h3-4,7-8,12-13,15-16H,1-2,5-6,9-11H2. The third-order valence-electron chi connectivity index (χ3n) is 5.04. The number of carbonyl (C=O) groups excluding carboxylic acids is 1. The van der Waals surface area contributed by atoms with E-state index in [-0.39, 0.29) is 5.91 Å². The van der Waals surface area contributed by atoms with E-state index in [0.717, 1.165) is 38.2 Å². The number of carbonyl (C=O) groups is 1. The lowest BCUT2D eigenvalue weighted by molar-refractivity contribution is 0.0689. The lowest BCUT2D eigenvalue weighted by Crippen LogP contribution is -2.39. The molecule has 5 heteroatoms. The summed E-state index contributed by atoms with van der Waals surface area (Å²) in [6.07, 6.45) is 12.6. The SMILES string of the molecule is O=C(c1cnc(C2CC2)nc1)N1CCC(Cc2ccncc2)CC1. The van der Waals surface area contributed by atoms with Crippen LogP contribution in [-0.2, 0) is 6.42 Å². The largest absolute Gasteiger partial charge is 0.339 e. The summed E-state index contributed by atoms with van der Waals surface area (Å²) in [5, 5.41) is 0. The van der Waals surface area contributed by atoms with E-state index in [0.29, 0.717) is 17.4 Å². The number of hydrogen-bond acceptors (Lipinski definition) is 4. The Morgan fingerprint density at radius 3 is 2.33 bits per heavy atom. The van der Waals surface area contributed by atoms with Gasteiger partial charge in [-0.3, -0.25) is 9.78 Å². The first-order valence-corrected chi connectivity index (χ1v) is 8.80. The number of hydrogen-bond donors (Lipinski definition) is 0. The highest BCUT2D eigenvalue weighted by Gasteiger charge is 2.27. The highest BCUT2D eigenvalue weighted by atomic mass is 16.2. The molecule has 0 N–H and O–H groups in total. The topological polar surface area (TPSA) is 59.0 Å². The monoisotopic (exact) mass is 322 g/mol. The molecule has 0 unspecified atom stereocenters. The fraction of sp³-hybridized carbons (Fsp3) is 0.474. The quantitative estimate of drug-likeness (QED) is 0.868. The number of nitrogens with zero attached hydrogens (tertiary/aromatic N) is 4. The van der Waals surface area contributed by atoms with Crippen molar-refractivity contribution in [2.45, 2.75) is 38.0 Å². The van der Waals surface area contributed by atoms with Crippen LogP contribution < -0.4 is 0 Å². The summed E-state index contributed by atoms with van der Waals surface area (Å²) >= 11 is 0. The van der Waals surface area contributed by atoms with Gasteiger partial charge in [-0.05, 0) is 55.7 Å². The van der Waals surface area contributed by atoms with Crippen molar-refractivity contribution in [3.8, 4) is 0 Å². The van der Waals surface area contributed by atoms with Gasteiger partial charge in [0.25, 0.3) is 5.91 Å². The Morgan fingerprint density at radius 1 is 1.04 bits per heavy atom. The summed E-state index contributed by atoms with van der Waals surface area (Å²) in [5.74, 6) is 2.13. The van der Waals surface area contributed by atoms with Gasteiger partial charge < -0.3 is 4.90 Å². The molecule has 1 saturated heterocycles. The normalized spacial score (nSPS) is 18.6. The van der Waals surface area contributed by atoms with E-state index < -0.39 is 0 Å².